The minimum atomic E-state index is -0.421. The maximum atomic E-state index is 11.8. The third-order valence-corrected chi connectivity index (χ3v) is 2.94. The predicted octanol–water partition coefficient (Wildman–Crippen LogP) is 1.55. The molecule has 0 bridgehead atoms. The molecule has 0 aliphatic rings. The number of aliphatic hydroxyl groups is 1. The van der Waals surface area contributed by atoms with Crippen LogP contribution in [0.5, 0.6) is 11.5 Å². The molecule has 0 aromatic heterocycles. The molecule has 0 unspecified atom stereocenters. The smallest absolute Gasteiger partial charge is 0.202 e. The molecule has 0 aliphatic carbocycles. The summed E-state index contributed by atoms with van der Waals surface area (Å²) in [4.78, 5) is 23.4. The summed E-state index contributed by atoms with van der Waals surface area (Å²) >= 11 is 0. The highest BCUT2D eigenvalue weighted by Gasteiger charge is 2.15. The van der Waals surface area contributed by atoms with Gasteiger partial charge in [0.05, 0.1) is 14.2 Å². The number of unbranched alkanes of at least 4 members (excludes halogenated alkanes) is 1. The summed E-state index contributed by atoms with van der Waals surface area (Å²) in [7, 11) is 3.05. The van der Waals surface area contributed by atoms with Crippen LogP contribution in [0.1, 0.15) is 24.8 Å². The Labute approximate surface area is 118 Å². The minimum absolute atomic E-state index is 0.0388. The normalized spacial score (nSPS) is 10.2. The number of Topliss-reactive ketones (excluding diaryl/α,β-unsaturated/α-hetero) is 2. The lowest BCUT2D eigenvalue weighted by atomic mass is 10.0. The van der Waals surface area contributed by atoms with Crippen molar-refractivity contribution in [3.8, 4) is 11.5 Å². The quantitative estimate of drug-likeness (QED) is 0.549. The van der Waals surface area contributed by atoms with Gasteiger partial charge in [0.15, 0.2) is 17.3 Å². The average molecular weight is 280 g/mol. The topological polar surface area (TPSA) is 72.8 Å². The summed E-state index contributed by atoms with van der Waals surface area (Å²) in [5.41, 5.74) is 0.711. The van der Waals surface area contributed by atoms with Gasteiger partial charge in [-0.2, -0.15) is 0 Å². The van der Waals surface area contributed by atoms with Gasteiger partial charge in [-0.1, -0.05) is 6.07 Å². The second kappa shape index (κ2) is 8.32. The number of ketones is 2. The van der Waals surface area contributed by atoms with Crippen molar-refractivity contribution in [1.82, 2.24) is 0 Å². The van der Waals surface area contributed by atoms with Gasteiger partial charge in [0.2, 0.25) is 5.78 Å². The lowest BCUT2D eigenvalue weighted by molar-refractivity contribution is -0.136. The molecule has 110 valence electrons. The third kappa shape index (κ3) is 4.66. The molecule has 0 saturated carbocycles. The lowest BCUT2D eigenvalue weighted by Crippen LogP contribution is -2.16. The van der Waals surface area contributed by atoms with Gasteiger partial charge in [-0.25, -0.2) is 0 Å². The van der Waals surface area contributed by atoms with Crippen molar-refractivity contribution in [2.24, 2.45) is 0 Å². The van der Waals surface area contributed by atoms with Crippen LogP contribution in [0.3, 0.4) is 0 Å². The van der Waals surface area contributed by atoms with Crippen LogP contribution in [-0.4, -0.2) is 37.5 Å². The zero-order valence-electron chi connectivity index (χ0n) is 11.8. The molecular weight excluding hydrogens is 260 g/mol. The van der Waals surface area contributed by atoms with Crippen molar-refractivity contribution in [2.45, 2.75) is 25.7 Å². The minimum Gasteiger partial charge on any atom is -0.493 e. The number of aliphatic hydroxyl groups excluding tert-OH is 1. The van der Waals surface area contributed by atoms with Gasteiger partial charge < -0.3 is 14.6 Å². The van der Waals surface area contributed by atoms with Crippen molar-refractivity contribution in [3.05, 3.63) is 23.8 Å². The van der Waals surface area contributed by atoms with Crippen molar-refractivity contribution in [1.29, 1.82) is 0 Å². The van der Waals surface area contributed by atoms with Crippen molar-refractivity contribution >= 4 is 11.6 Å². The van der Waals surface area contributed by atoms with E-state index in [0.717, 1.165) is 0 Å². The van der Waals surface area contributed by atoms with Gasteiger partial charge in [-0.3, -0.25) is 9.59 Å². The first kappa shape index (κ1) is 16.2. The van der Waals surface area contributed by atoms with Crippen LogP contribution in [0, 0.1) is 0 Å². The Kier molecular flexibility index (Phi) is 6.73. The van der Waals surface area contributed by atoms with Crippen molar-refractivity contribution in [3.63, 3.8) is 0 Å². The molecule has 1 N–H and O–H groups in total. The third-order valence-electron chi connectivity index (χ3n) is 2.94. The van der Waals surface area contributed by atoms with E-state index in [1.165, 1.54) is 14.2 Å². The Bertz CT molecular complexity index is 467. The summed E-state index contributed by atoms with van der Waals surface area (Å²) in [6, 6.07) is 5.13. The zero-order valence-corrected chi connectivity index (χ0v) is 11.8. The van der Waals surface area contributed by atoms with E-state index in [4.69, 9.17) is 14.6 Å². The number of benzene rings is 1. The van der Waals surface area contributed by atoms with Crippen molar-refractivity contribution < 1.29 is 24.2 Å². The molecule has 0 aliphatic heterocycles. The van der Waals surface area contributed by atoms with Crippen LogP contribution in [0.25, 0.3) is 0 Å². The highest BCUT2D eigenvalue weighted by atomic mass is 16.5. The van der Waals surface area contributed by atoms with Crippen LogP contribution in [0.4, 0.5) is 0 Å². The fourth-order valence-electron chi connectivity index (χ4n) is 1.81. The molecular formula is C15H20O5. The molecule has 1 aromatic rings. The van der Waals surface area contributed by atoms with Crippen LogP contribution in [0.15, 0.2) is 18.2 Å². The molecule has 0 spiro atoms. The van der Waals surface area contributed by atoms with E-state index in [-0.39, 0.29) is 19.4 Å². The first-order valence-corrected chi connectivity index (χ1v) is 6.50. The summed E-state index contributed by atoms with van der Waals surface area (Å²) < 4.78 is 10.3. The van der Waals surface area contributed by atoms with Gasteiger partial charge in [0.25, 0.3) is 0 Å². The second-order valence-electron chi connectivity index (χ2n) is 4.39. The Balaban J connectivity index is 2.63. The molecule has 0 heterocycles. The standard InChI is InChI=1S/C15H20O5/c1-19-14-7-6-11(10-15(14)20-2)9-13(18)12(17)5-3-4-8-16/h6-7,10,16H,3-5,8-9H2,1-2H3. The molecule has 20 heavy (non-hydrogen) atoms. The van der Waals surface area contributed by atoms with E-state index >= 15 is 0 Å². The van der Waals surface area contributed by atoms with Crippen LogP contribution in [0.2, 0.25) is 0 Å². The summed E-state index contributed by atoms with van der Waals surface area (Å²) in [5, 5.41) is 8.64. The van der Waals surface area contributed by atoms with Crippen molar-refractivity contribution in [2.75, 3.05) is 20.8 Å². The summed E-state index contributed by atoms with van der Waals surface area (Å²) in [6.45, 7) is 0.0388. The summed E-state index contributed by atoms with van der Waals surface area (Å²) in [5.74, 6) is 0.298. The fraction of sp³-hybridized carbons (Fsp3) is 0.467. The Morgan fingerprint density at radius 2 is 1.75 bits per heavy atom. The van der Waals surface area contributed by atoms with E-state index in [0.29, 0.717) is 29.9 Å². The number of carbonyl (C=O) groups is 2. The number of hydrogen-bond acceptors (Lipinski definition) is 5. The van der Waals surface area contributed by atoms with Gasteiger partial charge in [0.1, 0.15) is 0 Å². The van der Waals surface area contributed by atoms with Gasteiger partial charge in [-0.05, 0) is 30.5 Å². The van der Waals surface area contributed by atoms with Gasteiger partial charge in [0, 0.05) is 19.4 Å². The van der Waals surface area contributed by atoms with E-state index in [1.807, 2.05) is 0 Å². The number of carbonyl (C=O) groups excluding carboxylic acids is 2. The number of hydrogen-bond donors (Lipinski definition) is 1. The lowest BCUT2D eigenvalue weighted by Gasteiger charge is -2.09. The Morgan fingerprint density at radius 3 is 2.35 bits per heavy atom. The predicted molar refractivity (Wildman–Crippen MR) is 74.2 cm³/mol. The molecule has 0 saturated heterocycles. The Hall–Kier alpha value is -1.88. The largest absolute Gasteiger partial charge is 0.493 e. The average Bonchev–Trinajstić information content (AvgIpc) is 2.47. The van der Waals surface area contributed by atoms with Gasteiger partial charge in [-0.15, -0.1) is 0 Å². The number of methoxy groups -OCH3 is 2. The second-order valence-corrected chi connectivity index (χ2v) is 4.39. The molecule has 0 fully saturated rings. The molecule has 0 atom stereocenters. The Morgan fingerprint density at radius 1 is 1.05 bits per heavy atom. The number of ether oxygens (including phenoxy) is 2. The first-order valence-electron chi connectivity index (χ1n) is 6.50. The first-order chi connectivity index (χ1) is 9.62. The number of rotatable bonds is 9. The van der Waals surface area contributed by atoms with E-state index in [1.54, 1.807) is 18.2 Å². The SMILES string of the molecule is COc1ccc(CC(=O)C(=O)CCCCO)cc1OC. The maximum absolute atomic E-state index is 11.8. The van der Waals surface area contributed by atoms with E-state index in [2.05, 4.69) is 0 Å². The van der Waals surface area contributed by atoms with E-state index < -0.39 is 11.6 Å². The summed E-state index contributed by atoms with van der Waals surface area (Å²) in [6.07, 6.45) is 1.31. The highest BCUT2D eigenvalue weighted by Crippen LogP contribution is 2.27. The molecule has 1 rings (SSSR count). The monoisotopic (exact) mass is 280 g/mol. The molecule has 5 heteroatoms. The maximum Gasteiger partial charge on any atom is 0.202 e. The van der Waals surface area contributed by atoms with Crippen LogP contribution >= 0.6 is 0 Å². The molecule has 5 nitrogen and oxygen atoms in total. The highest BCUT2D eigenvalue weighted by molar-refractivity contribution is 6.37. The van der Waals surface area contributed by atoms with Crippen LogP contribution < -0.4 is 9.47 Å². The molecule has 0 amide bonds. The fourth-order valence-corrected chi connectivity index (χ4v) is 1.81. The molecule has 1 aromatic carbocycles. The van der Waals surface area contributed by atoms with E-state index in [9.17, 15) is 9.59 Å². The van der Waals surface area contributed by atoms with Crippen LogP contribution in [-0.2, 0) is 16.0 Å². The zero-order chi connectivity index (χ0) is 15.0. The molecule has 0 radical (unpaired) electrons. The van der Waals surface area contributed by atoms with Gasteiger partial charge >= 0.3 is 0 Å².